The van der Waals surface area contributed by atoms with Crippen LogP contribution in [0.2, 0.25) is 0 Å². The first kappa shape index (κ1) is 12.3. The van der Waals surface area contributed by atoms with Crippen molar-refractivity contribution in [2.45, 2.75) is 32.7 Å². The van der Waals surface area contributed by atoms with Crippen molar-refractivity contribution in [2.75, 3.05) is 7.05 Å². The Hall–Kier alpha value is -0.820. The minimum atomic E-state index is 0.564. The van der Waals surface area contributed by atoms with Gasteiger partial charge in [-0.1, -0.05) is 43.4 Å². The van der Waals surface area contributed by atoms with E-state index in [0.29, 0.717) is 17.9 Å². The lowest BCUT2D eigenvalue weighted by Crippen LogP contribution is -2.28. The van der Waals surface area contributed by atoms with E-state index < -0.39 is 0 Å². The van der Waals surface area contributed by atoms with Gasteiger partial charge in [-0.3, -0.25) is 0 Å². The second kappa shape index (κ2) is 6.62. The summed E-state index contributed by atoms with van der Waals surface area (Å²) in [6.45, 7) is 4.49. The molecule has 0 aromatic carbocycles. The van der Waals surface area contributed by atoms with Crippen LogP contribution < -0.4 is 5.32 Å². The summed E-state index contributed by atoms with van der Waals surface area (Å²) in [4.78, 5) is 0. The van der Waals surface area contributed by atoms with Gasteiger partial charge in [0.15, 0.2) is 0 Å². The highest BCUT2D eigenvalue weighted by molar-refractivity contribution is 5.15. The lowest BCUT2D eigenvalue weighted by molar-refractivity contribution is 0.453. The molecule has 3 unspecified atom stereocenters. The molecule has 0 spiro atoms. The SMILES string of the molecule is CCC(C=CC1C=CC=CC1)C(C)NC. The zero-order chi connectivity index (χ0) is 11.1. The zero-order valence-corrected chi connectivity index (χ0v) is 10.1. The Morgan fingerprint density at radius 3 is 2.80 bits per heavy atom. The Bertz CT molecular complexity index is 250. The fourth-order valence-corrected chi connectivity index (χ4v) is 1.90. The van der Waals surface area contributed by atoms with Crippen molar-refractivity contribution in [1.29, 1.82) is 0 Å². The maximum Gasteiger partial charge on any atom is 0.00984 e. The van der Waals surface area contributed by atoms with Gasteiger partial charge in [-0.15, -0.1) is 0 Å². The molecule has 0 aromatic rings. The predicted octanol–water partition coefficient (Wildman–Crippen LogP) is 3.31. The van der Waals surface area contributed by atoms with Gasteiger partial charge in [0.05, 0.1) is 0 Å². The summed E-state index contributed by atoms with van der Waals surface area (Å²) in [5.41, 5.74) is 0. The molecule has 0 saturated carbocycles. The standard InChI is InChI=1S/C14H23N/c1-4-14(12(2)15-3)11-10-13-8-6-5-7-9-13/h5-8,10-15H,4,9H2,1-3H3. The molecule has 3 atom stereocenters. The quantitative estimate of drug-likeness (QED) is 0.679. The number of nitrogens with one attached hydrogen (secondary N) is 1. The van der Waals surface area contributed by atoms with E-state index in [9.17, 15) is 0 Å². The van der Waals surface area contributed by atoms with E-state index in [1.165, 1.54) is 6.42 Å². The summed E-state index contributed by atoms with van der Waals surface area (Å²) >= 11 is 0. The van der Waals surface area contributed by atoms with Crippen molar-refractivity contribution >= 4 is 0 Å². The summed E-state index contributed by atoms with van der Waals surface area (Å²) in [5.74, 6) is 1.25. The highest BCUT2D eigenvalue weighted by atomic mass is 14.9. The third-order valence-corrected chi connectivity index (χ3v) is 3.19. The van der Waals surface area contributed by atoms with Crippen molar-refractivity contribution in [2.24, 2.45) is 11.8 Å². The molecule has 0 heterocycles. The Labute approximate surface area is 94.0 Å². The molecule has 1 rings (SSSR count). The highest BCUT2D eigenvalue weighted by Crippen LogP contribution is 2.16. The molecule has 0 saturated heterocycles. The molecule has 0 amide bonds. The third kappa shape index (κ3) is 4.05. The summed E-state index contributed by atoms with van der Waals surface area (Å²) in [6, 6.07) is 0.564. The van der Waals surface area contributed by atoms with Crippen LogP contribution in [0.25, 0.3) is 0 Å². The maximum atomic E-state index is 3.32. The van der Waals surface area contributed by atoms with E-state index in [1.54, 1.807) is 0 Å². The largest absolute Gasteiger partial charge is 0.317 e. The molecule has 1 aliphatic carbocycles. The van der Waals surface area contributed by atoms with Crippen LogP contribution in [0.1, 0.15) is 26.7 Å². The van der Waals surface area contributed by atoms with Gasteiger partial charge in [0.25, 0.3) is 0 Å². The molecule has 1 heteroatoms. The van der Waals surface area contributed by atoms with Crippen molar-refractivity contribution in [1.82, 2.24) is 5.32 Å². The molecule has 1 N–H and O–H groups in total. The van der Waals surface area contributed by atoms with Gasteiger partial charge in [0.2, 0.25) is 0 Å². The molecule has 0 radical (unpaired) electrons. The van der Waals surface area contributed by atoms with Gasteiger partial charge < -0.3 is 5.32 Å². The summed E-state index contributed by atoms with van der Waals surface area (Å²) in [5, 5.41) is 3.32. The zero-order valence-electron chi connectivity index (χ0n) is 10.1. The van der Waals surface area contributed by atoms with Crippen molar-refractivity contribution in [3.63, 3.8) is 0 Å². The van der Waals surface area contributed by atoms with Crippen LogP contribution >= 0.6 is 0 Å². The van der Waals surface area contributed by atoms with Crippen molar-refractivity contribution in [3.05, 3.63) is 36.5 Å². The Kier molecular flexibility index (Phi) is 5.41. The molecule has 0 fully saturated rings. The fourth-order valence-electron chi connectivity index (χ4n) is 1.90. The molecule has 0 aliphatic heterocycles. The van der Waals surface area contributed by atoms with Crippen LogP contribution in [0, 0.1) is 11.8 Å². The molecular weight excluding hydrogens is 182 g/mol. The van der Waals surface area contributed by atoms with Gasteiger partial charge in [0.1, 0.15) is 0 Å². The van der Waals surface area contributed by atoms with E-state index in [-0.39, 0.29) is 0 Å². The summed E-state index contributed by atoms with van der Waals surface area (Å²) < 4.78 is 0. The van der Waals surface area contributed by atoms with E-state index in [1.807, 2.05) is 7.05 Å². The monoisotopic (exact) mass is 205 g/mol. The molecule has 0 bridgehead atoms. The van der Waals surface area contributed by atoms with E-state index in [2.05, 4.69) is 55.6 Å². The highest BCUT2D eigenvalue weighted by Gasteiger charge is 2.10. The van der Waals surface area contributed by atoms with Crippen molar-refractivity contribution in [3.8, 4) is 0 Å². The van der Waals surface area contributed by atoms with Gasteiger partial charge in [-0.05, 0) is 38.6 Å². The minimum Gasteiger partial charge on any atom is -0.317 e. The first-order valence-corrected chi connectivity index (χ1v) is 5.96. The summed E-state index contributed by atoms with van der Waals surface area (Å²) in [6.07, 6.45) is 15.8. The van der Waals surface area contributed by atoms with E-state index in [0.717, 1.165) is 6.42 Å². The predicted molar refractivity (Wildman–Crippen MR) is 67.8 cm³/mol. The number of hydrogen-bond acceptors (Lipinski definition) is 1. The van der Waals surface area contributed by atoms with Crippen LogP contribution in [-0.2, 0) is 0 Å². The molecular formula is C14H23N. The first-order valence-electron chi connectivity index (χ1n) is 5.96. The van der Waals surface area contributed by atoms with Gasteiger partial charge in [-0.25, -0.2) is 0 Å². The molecule has 15 heavy (non-hydrogen) atoms. The van der Waals surface area contributed by atoms with Crippen molar-refractivity contribution < 1.29 is 0 Å². The maximum absolute atomic E-state index is 3.32. The second-order valence-electron chi connectivity index (χ2n) is 4.25. The van der Waals surface area contributed by atoms with Crippen LogP contribution in [0.3, 0.4) is 0 Å². The third-order valence-electron chi connectivity index (χ3n) is 3.19. The van der Waals surface area contributed by atoms with Crippen LogP contribution in [0.15, 0.2) is 36.5 Å². The normalized spacial score (nSPS) is 24.6. The molecule has 1 aliphatic rings. The van der Waals surface area contributed by atoms with Gasteiger partial charge >= 0.3 is 0 Å². The van der Waals surface area contributed by atoms with E-state index >= 15 is 0 Å². The Morgan fingerprint density at radius 2 is 2.27 bits per heavy atom. The number of rotatable bonds is 5. The topological polar surface area (TPSA) is 12.0 Å². The fraction of sp³-hybridized carbons (Fsp3) is 0.571. The average Bonchev–Trinajstić information content (AvgIpc) is 2.31. The minimum absolute atomic E-state index is 0.564. The molecule has 84 valence electrons. The second-order valence-corrected chi connectivity index (χ2v) is 4.25. The van der Waals surface area contributed by atoms with Crippen LogP contribution in [0.4, 0.5) is 0 Å². The Balaban J connectivity index is 2.46. The smallest absolute Gasteiger partial charge is 0.00984 e. The van der Waals surface area contributed by atoms with Gasteiger partial charge in [0, 0.05) is 6.04 Å². The van der Waals surface area contributed by atoms with Gasteiger partial charge in [-0.2, -0.15) is 0 Å². The lowest BCUT2D eigenvalue weighted by Gasteiger charge is -2.19. The lowest BCUT2D eigenvalue weighted by atomic mass is 9.93. The first-order chi connectivity index (χ1) is 7.27. The Morgan fingerprint density at radius 1 is 1.47 bits per heavy atom. The molecule has 1 nitrogen and oxygen atoms in total. The van der Waals surface area contributed by atoms with E-state index in [4.69, 9.17) is 0 Å². The van der Waals surface area contributed by atoms with Crippen LogP contribution in [0.5, 0.6) is 0 Å². The number of allylic oxidation sites excluding steroid dienone is 5. The number of hydrogen-bond donors (Lipinski definition) is 1. The molecule has 0 aromatic heterocycles. The average molecular weight is 205 g/mol. The van der Waals surface area contributed by atoms with Crippen LogP contribution in [-0.4, -0.2) is 13.1 Å². The summed E-state index contributed by atoms with van der Waals surface area (Å²) in [7, 11) is 2.03.